The average molecular weight is 518 g/mol. The van der Waals surface area contributed by atoms with Crippen molar-refractivity contribution in [3.63, 3.8) is 0 Å². The Hall–Kier alpha value is -5.04. The summed E-state index contributed by atoms with van der Waals surface area (Å²) in [6.07, 6.45) is 0. The maximum atomic E-state index is 13.0. The van der Waals surface area contributed by atoms with Crippen LogP contribution in [0.4, 0.5) is 0 Å². The predicted molar refractivity (Wildman–Crippen MR) is 149 cm³/mol. The molecule has 0 saturated carbocycles. The number of nitrogens with zero attached hydrogens (tertiary/aromatic N) is 3. The van der Waals surface area contributed by atoms with Gasteiger partial charge in [-0.1, -0.05) is 89.1 Å². The topological polar surface area (TPSA) is 96.5 Å². The Morgan fingerprint density at radius 2 is 1.23 bits per heavy atom. The quantitative estimate of drug-likeness (QED) is 0.255. The largest absolute Gasteiger partial charge is 0.480 e. The lowest BCUT2D eigenvalue weighted by atomic mass is 10.0. The fourth-order valence-corrected chi connectivity index (χ4v) is 4.23. The Kier molecular flexibility index (Phi) is 7.32. The molecule has 0 aliphatic heterocycles. The van der Waals surface area contributed by atoms with Crippen LogP contribution in [0.3, 0.4) is 0 Å². The third-order valence-corrected chi connectivity index (χ3v) is 6.44. The van der Waals surface area contributed by atoms with Gasteiger partial charge in [-0.3, -0.25) is 9.59 Å². The van der Waals surface area contributed by atoms with E-state index in [-0.39, 0.29) is 12.5 Å². The van der Waals surface area contributed by atoms with Gasteiger partial charge >= 0.3 is 5.97 Å². The minimum Gasteiger partial charge on any atom is -0.480 e. The van der Waals surface area contributed by atoms with Crippen molar-refractivity contribution in [2.24, 2.45) is 0 Å². The third-order valence-electron chi connectivity index (χ3n) is 6.44. The van der Waals surface area contributed by atoms with E-state index in [0.717, 1.165) is 33.4 Å². The number of carboxylic acid groups (broad SMARTS) is 1. The Morgan fingerprint density at radius 3 is 1.82 bits per heavy atom. The molecule has 4 aromatic carbocycles. The summed E-state index contributed by atoms with van der Waals surface area (Å²) in [5.74, 6) is -0.547. The highest BCUT2D eigenvalue weighted by molar-refractivity contribution is 5.95. The van der Waals surface area contributed by atoms with Gasteiger partial charge in [-0.15, -0.1) is 0 Å². The molecule has 7 heteroatoms. The molecular formula is C32H27N3O4. The van der Waals surface area contributed by atoms with Crippen molar-refractivity contribution in [3.8, 4) is 34.0 Å². The Bertz CT molecular complexity index is 1590. The molecule has 1 heterocycles. The van der Waals surface area contributed by atoms with Gasteiger partial charge in [-0.25, -0.2) is 0 Å². The van der Waals surface area contributed by atoms with Gasteiger partial charge in [0.05, 0.1) is 0 Å². The molecule has 5 rings (SSSR count). The first-order chi connectivity index (χ1) is 18.9. The van der Waals surface area contributed by atoms with Crippen LogP contribution in [0, 0.1) is 13.8 Å². The maximum Gasteiger partial charge on any atom is 0.323 e. The molecular weight excluding hydrogens is 490 g/mol. The van der Waals surface area contributed by atoms with Crippen molar-refractivity contribution in [3.05, 3.63) is 119 Å². The van der Waals surface area contributed by atoms with Crippen molar-refractivity contribution in [2.45, 2.75) is 20.4 Å². The normalized spacial score (nSPS) is 10.8. The van der Waals surface area contributed by atoms with Gasteiger partial charge in [-0.05, 0) is 54.8 Å². The molecule has 1 N–H and O–H groups in total. The summed E-state index contributed by atoms with van der Waals surface area (Å²) >= 11 is 0. The molecule has 39 heavy (non-hydrogen) atoms. The highest BCUT2D eigenvalue weighted by Gasteiger charge is 2.19. The van der Waals surface area contributed by atoms with Crippen LogP contribution < -0.4 is 0 Å². The molecule has 0 fully saturated rings. The number of carbonyl (C=O) groups excluding carboxylic acids is 1. The summed E-state index contributed by atoms with van der Waals surface area (Å²) in [7, 11) is 0. The highest BCUT2D eigenvalue weighted by Crippen LogP contribution is 2.26. The summed E-state index contributed by atoms with van der Waals surface area (Å²) < 4.78 is 5.51. The fourth-order valence-electron chi connectivity index (χ4n) is 4.23. The maximum absolute atomic E-state index is 13.0. The summed E-state index contributed by atoms with van der Waals surface area (Å²) in [5.41, 5.74) is 7.29. The number of benzene rings is 4. The highest BCUT2D eigenvalue weighted by atomic mass is 16.5. The second-order valence-corrected chi connectivity index (χ2v) is 9.48. The Balaban J connectivity index is 1.29. The van der Waals surface area contributed by atoms with E-state index in [1.54, 1.807) is 12.1 Å². The Labute approximate surface area is 226 Å². The first kappa shape index (κ1) is 25.6. The van der Waals surface area contributed by atoms with Crippen LogP contribution in [-0.4, -0.2) is 38.6 Å². The lowest BCUT2D eigenvalue weighted by Crippen LogP contribution is -2.35. The first-order valence-electron chi connectivity index (χ1n) is 12.5. The van der Waals surface area contributed by atoms with Crippen LogP contribution in [0.5, 0.6) is 0 Å². The molecule has 0 bridgehead atoms. The van der Waals surface area contributed by atoms with Gasteiger partial charge in [0, 0.05) is 23.2 Å². The van der Waals surface area contributed by atoms with Gasteiger partial charge < -0.3 is 14.5 Å². The zero-order valence-electron chi connectivity index (χ0n) is 21.7. The summed E-state index contributed by atoms with van der Waals surface area (Å²) in [5, 5.41) is 13.5. The van der Waals surface area contributed by atoms with E-state index in [9.17, 15) is 14.7 Å². The molecule has 0 atom stereocenters. The number of aryl methyl sites for hydroxylation is 2. The van der Waals surface area contributed by atoms with Crippen LogP contribution >= 0.6 is 0 Å². The minimum absolute atomic E-state index is 0.157. The van der Waals surface area contributed by atoms with E-state index in [2.05, 4.69) is 41.3 Å². The standard InChI is InChI=1S/C32H27N3O4/c1-21-3-9-24(10-4-21)25-15-17-27(18-16-25)31-33-30(34-39-31)26-13-7-23(8-14-26)19-35(20-29(36)37)32(38)28-11-5-22(2)6-12-28/h3-18H,19-20H2,1-2H3,(H,36,37). The third kappa shape index (κ3) is 6.10. The summed E-state index contributed by atoms with van der Waals surface area (Å²) in [4.78, 5) is 30.3. The molecule has 0 aliphatic rings. The molecule has 5 aromatic rings. The van der Waals surface area contributed by atoms with E-state index in [0.29, 0.717) is 17.3 Å². The number of carboxylic acids is 1. The summed E-state index contributed by atoms with van der Waals surface area (Å²) in [6, 6.07) is 30.7. The number of amides is 1. The number of carbonyl (C=O) groups is 2. The van der Waals surface area contributed by atoms with Crippen molar-refractivity contribution >= 4 is 11.9 Å². The second kappa shape index (κ2) is 11.1. The van der Waals surface area contributed by atoms with Crippen molar-refractivity contribution < 1.29 is 19.2 Å². The zero-order chi connectivity index (χ0) is 27.4. The minimum atomic E-state index is -1.07. The zero-order valence-corrected chi connectivity index (χ0v) is 21.7. The first-order valence-corrected chi connectivity index (χ1v) is 12.5. The van der Waals surface area contributed by atoms with Crippen LogP contribution in [0.25, 0.3) is 34.0 Å². The molecule has 0 saturated heterocycles. The van der Waals surface area contributed by atoms with E-state index in [4.69, 9.17) is 4.52 Å². The summed E-state index contributed by atoms with van der Waals surface area (Å²) in [6.45, 7) is 3.75. The average Bonchev–Trinajstić information content (AvgIpc) is 3.44. The molecule has 0 aliphatic carbocycles. The molecule has 7 nitrogen and oxygen atoms in total. The van der Waals surface area contributed by atoms with E-state index in [1.807, 2.05) is 67.6 Å². The number of aliphatic carboxylic acids is 1. The number of aromatic nitrogens is 2. The van der Waals surface area contributed by atoms with Gasteiger partial charge in [0.1, 0.15) is 6.54 Å². The number of hydrogen-bond donors (Lipinski definition) is 1. The Morgan fingerprint density at radius 1 is 0.718 bits per heavy atom. The molecule has 1 aromatic heterocycles. The van der Waals surface area contributed by atoms with Crippen molar-refractivity contribution in [1.29, 1.82) is 0 Å². The van der Waals surface area contributed by atoms with E-state index in [1.165, 1.54) is 10.5 Å². The molecule has 0 radical (unpaired) electrons. The van der Waals surface area contributed by atoms with Gasteiger partial charge in [0.2, 0.25) is 5.82 Å². The van der Waals surface area contributed by atoms with Gasteiger partial charge in [0.15, 0.2) is 0 Å². The van der Waals surface area contributed by atoms with Crippen molar-refractivity contribution in [1.82, 2.24) is 15.0 Å². The smallest absolute Gasteiger partial charge is 0.323 e. The number of hydrogen-bond acceptors (Lipinski definition) is 5. The monoisotopic (exact) mass is 517 g/mol. The van der Waals surface area contributed by atoms with Gasteiger partial charge in [0.25, 0.3) is 11.8 Å². The fraction of sp³-hybridized carbons (Fsp3) is 0.125. The van der Waals surface area contributed by atoms with E-state index < -0.39 is 12.5 Å². The van der Waals surface area contributed by atoms with Crippen LogP contribution in [0.1, 0.15) is 27.0 Å². The van der Waals surface area contributed by atoms with Crippen LogP contribution in [0.15, 0.2) is 102 Å². The van der Waals surface area contributed by atoms with Gasteiger partial charge in [-0.2, -0.15) is 4.98 Å². The van der Waals surface area contributed by atoms with E-state index >= 15 is 0 Å². The lowest BCUT2D eigenvalue weighted by molar-refractivity contribution is -0.137. The molecule has 0 unspecified atom stereocenters. The lowest BCUT2D eigenvalue weighted by Gasteiger charge is -2.21. The molecule has 1 amide bonds. The van der Waals surface area contributed by atoms with Crippen LogP contribution in [-0.2, 0) is 11.3 Å². The molecule has 194 valence electrons. The van der Waals surface area contributed by atoms with Crippen molar-refractivity contribution in [2.75, 3.05) is 6.54 Å². The molecule has 0 spiro atoms. The predicted octanol–water partition coefficient (Wildman–Crippen LogP) is 6.41. The number of rotatable bonds is 8. The van der Waals surface area contributed by atoms with Crippen LogP contribution in [0.2, 0.25) is 0 Å². The second-order valence-electron chi connectivity index (χ2n) is 9.48. The SMILES string of the molecule is Cc1ccc(C(=O)N(CC(=O)O)Cc2ccc(-c3noc(-c4ccc(-c5ccc(C)cc5)cc4)n3)cc2)cc1.